The molecule has 3 rings (SSSR count). The maximum atomic E-state index is 11.7. The van der Waals surface area contributed by atoms with Gasteiger partial charge in [0.2, 0.25) is 10.8 Å². The number of rotatable bonds is 3. The highest BCUT2D eigenvalue weighted by Gasteiger charge is 2.30. The Morgan fingerprint density at radius 3 is 2.74 bits per heavy atom. The minimum atomic E-state index is -0.577. The van der Waals surface area contributed by atoms with Crippen LogP contribution in [0.2, 0.25) is 0 Å². The van der Waals surface area contributed by atoms with Crippen molar-refractivity contribution in [3.8, 4) is 11.5 Å². The van der Waals surface area contributed by atoms with Gasteiger partial charge in [0.15, 0.2) is 0 Å². The van der Waals surface area contributed by atoms with Crippen molar-refractivity contribution >= 4 is 21.7 Å². The standard InChI is InChI=1S/C15H11BrO3/c16-15-14(17)12-7-6-11(8-13(12)19-15)18-9-10-4-2-1-3-5-10/h1-8,15H,9H2. The van der Waals surface area contributed by atoms with E-state index in [2.05, 4.69) is 15.9 Å². The van der Waals surface area contributed by atoms with Crippen molar-refractivity contribution in [1.29, 1.82) is 0 Å². The number of carbonyl (C=O) groups excluding carboxylic acids is 1. The zero-order chi connectivity index (χ0) is 13.2. The van der Waals surface area contributed by atoms with Crippen molar-refractivity contribution in [3.05, 3.63) is 59.7 Å². The Morgan fingerprint density at radius 1 is 1.16 bits per heavy atom. The molecule has 1 atom stereocenters. The lowest BCUT2D eigenvalue weighted by atomic mass is 10.1. The molecule has 1 aliphatic rings. The average Bonchev–Trinajstić information content (AvgIpc) is 2.73. The van der Waals surface area contributed by atoms with Gasteiger partial charge in [-0.15, -0.1) is 0 Å². The highest BCUT2D eigenvalue weighted by atomic mass is 79.9. The molecule has 0 aromatic heterocycles. The fourth-order valence-corrected chi connectivity index (χ4v) is 2.37. The lowest BCUT2D eigenvalue weighted by molar-refractivity contribution is 0.0942. The van der Waals surface area contributed by atoms with Gasteiger partial charge in [0, 0.05) is 6.07 Å². The molecule has 96 valence electrons. The summed E-state index contributed by atoms with van der Waals surface area (Å²) in [4.78, 5) is 11.7. The summed E-state index contributed by atoms with van der Waals surface area (Å²) in [7, 11) is 0. The van der Waals surface area contributed by atoms with Gasteiger partial charge in [-0.2, -0.15) is 0 Å². The van der Waals surface area contributed by atoms with Crippen LogP contribution in [-0.4, -0.2) is 10.8 Å². The number of carbonyl (C=O) groups is 1. The molecule has 0 aliphatic carbocycles. The van der Waals surface area contributed by atoms with Gasteiger partial charge in [0.25, 0.3) is 0 Å². The van der Waals surface area contributed by atoms with E-state index in [4.69, 9.17) is 9.47 Å². The summed E-state index contributed by atoms with van der Waals surface area (Å²) in [5.74, 6) is 1.21. The smallest absolute Gasteiger partial charge is 0.218 e. The van der Waals surface area contributed by atoms with Crippen LogP contribution in [0.25, 0.3) is 0 Å². The van der Waals surface area contributed by atoms with Crippen LogP contribution in [0.4, 0.5) is 0 Å². The molecule has 1 aliphatic heterocycles. The zero-order valence-corrected chi connectivity index (χ0v) is 11.6. The van der Waals surface area contributed by atoms with Crippen LogP contribution in [0, 0.1) is 0 Å². The third-order valence-corrected chi connectivity index (χ3v) is 3.51. The lowest BCUT2D eigenvalue weighted by Crippen LogP contribution is -2.10. The predicted molar refractivity (Wildman–Crippen MR) is 74.9 cm³/mol. The van der Waals surface area contributed by atoms with Gasteiger partial charge in [0.1, 0.15) is 18.1 Å². The number of hydrogen-bond acceptors (Lipinski definition) is 3. The summed E-state index contributed by atoms with van der Waals surface area (Å²) >= 11 is 3.17. The second-order valence-electron chi connectivity index (χ2n) is 4.23. The summed E-state index contributed by atoms with van der Waals surface area (Å²) < 4.78 is 11.1. The maximum absolute atomic E-state index is 11.7. The normalized spacial score (nSPS) is 16.9. The third kappa shape index (κ3) is 2.49. The molecule has 0 spiro atoms. The Morgan fingerprint density at radius 2 is 1.95 bits per heavy atom. The van der Waals surface area contributed by atoms with Crippen LogP contribution in [0.1, 0.15) is 15.9 Å². The number of Topliss-reactive ketones (excluding diaryl/α,β-unsaturated/α-hetero) is 1. The Balaban J connectivity index is 1.74. The molecule has 2 aromatic carbocycles. The van der Waals surface area contributed by atoms with Gasteiger partial charge in [-0.25, -0.2) is 0 Å². The fourth-order valence-electron chi connectivity index (χ4n) is 1.92. The molecule has 19 heavy (non-hydrogen) atoms. The van der Waals surface area contributed by atoms with Crippen molar-refractivity contribution in [2.45, 2.75) is 11.6 Å². The third-order valence-electron chi connectivity index (χ3n) is 2.90. The second-order valence-corrected chi connectivity index (χ2v) is 5.06. The van der Waals surface area contributed by atoms with Crippen LogP contribution in [0.3, 0.4) is 0 Å². The number of ketones is 1. The van der Waals surface area contributed by atoms with Crippen molar-refractivity contribution < 1.29 is 14.3 Å². The van der Waals surface area contributed by atoms with Gasteiger partial charge < -0.3 is 9.47 Å². The average molecular weight is 319 g/mol. The van der Waals surface area contributed by atoms with Crippen LogP contribution in [0.15, 0.2) is 48.5 Å². The van der Waals surface area contributed by atoms with Crippen molar-refractivity contribution in [3.63, 3.8) is 0 Å². The van der Waals surface area contributed by atoms with Gasteiger partial charge >= 0.3 is 0 Å². The number of ether oxygens (including phenoxy) is 2. The van der Waals surface area contributed by atoms with E-state index >= 15 is 0 Å². The molecule has 1 unspecified atom stereocenters. The minimum absolute atomic E-state index is 0.0513. The lowest BCUT2D eigenvalue weighted by Gasteiger charge is -2.07. The van der Waals surface area contributed by atoms with Crippen LogP contribution < -0.4 is 9.47 Å². The highest BCUT2D eigenvalue weighted by Crippen LogP contribution is 2.34. The molecule has 2 aromatic rings. The molecular formula is C15H11BrO3. The first-order valence-electron chi connectivity index (χ1n) is 5.90. The van der Waals surface area contributed by atoms with E-state index in [-0.39, 0.29) is 5.78 Å². The number of hydrogen-bond donors (Lipinski definition) is 0. The van der Waals surface area contributed by atoms with Crippen LogP contribution >= 0.6 is 15.9 Å². The Labute approximate surface area is 119 Å². The van der Waals surface area contributed by atoms with E-state index in [1.54, 1.807) is 18.2 Å². The topological polar surface area (TPSA) is 35.5 Å². The molecule has 0 N–H and O–H groups in total. The van der Waals surface area contributed by atoms with Gasteiger partial charge in [0.05, 0.1) is 5.56 Å². The predicted octanol–water partition coefficient (Wildman–Crippen LogP) is 3.56. The Hall–Kier alpha value is -1.81. The maximum Gasteiger partial charge on any atom is 0.218 e. The zero-order valence-electron chi connectivity index (χ0n) is 10.0. The summed E-state index contributed by atoms with van der Waals surface area (Å²) in [6.07, 6.45) is 0. The summed E-state index contributed by atoms with van der Waals surface area (Å²) in [6, 6.07) is 15.2. The van der Waals surface area contributed by atoms with E-state index in [9.17, 15) is 4.79 Å². The molecule has 0 saturated heterocycles. The SMILES string of the molecule is O=C1c2ccc(OCc3ccccc3)cc2OC1Br. The molecule has 0 fully saturated rings. The number of fused-ring (bicyclic) bond motifs is 1. The first-order chi connectivity index (χ1) is 9.24. The summed E-state index contributed by atoms with van der Waals surface area (Å²) in [5.41, 5.74) is 1.69. The quantitative estimate of drug-likeness (QED) is 0.812. The molecule has 3 nitrogen and oxygen atoms in total. The first kappa shape index (κ1) is 12.2. The summed E-state index contributed by atoms with van der Waals surface area (Å²) in [5, 5.41) is -0.577. The van der Waals surface area contributed by atoms with Gasteiger partial charge in [-0.3, -0.25) is 4.79 Å². The number of benzene rings is 2. The molecule has 0 bridgehead atoms. The molecule has 1 heterocycles. The van der Waals surface area contributed by atoms with Crippen molar-refractivity contribution in [2.24, 2.45) is 0 Å². The highest BCUT2D eigenvalue weighted by molar-refractivity contribution is 9.09. The Bertz CT molecular complexity index is 610. The molecule has 0 radical (unpaired) electrons. The second kappa shape index (κ2) is 5.05. The van der Waals surface area contributed by atoms with E-state index in [0.29, 0.717) is 23.7 Å². The molecule has 0 saturated carbocycles. The minimum Gasteiger partial charge on any atom is -0.489 e. The monoisotopic (exact) mass is 318 g/mol. The van der Waals surface area contributed by atoms with E-state index < -0.39 is 5.01 Å². The van der Waals surface area contributed by atoms with Gasteiger partial charge in [-0.1, -0.05) is 30.3 Å². The van der Waals surface area contributed by atoms with Gasteiger partial charge in [-0.05, 0) is 33.6 Å². The summed E-state index contributed by atoms with van der Waals surface area (Å²) in [6.45, 7) is 0.491. The van der Waals surface area contributed by atoms with E-state index in [1.165, 1.54) is 0 Å². The number of halogens is 1. The first-order valence-corrected chi connectivity index (χ1v) is 6.81. The Kier molecular flexibility index (Phi) is 3.25. The molecule has 0 amide bonds. The largest absolute Gasteiger partial charge is 0.489 e. The molecule has 4 heteroatoms. The van der Waals surface area contributed by atoms with E-state index in [1.807, 2.05) is 30.3 Å². The van der Waals surface area contributed by atoms with E-state index in [0.717, 1.165) is 5.56 Å². The van der Waals surface area contributed by atoms with Crippen molar-refractivity contribution in [1.82, 2.24) is 0 Å². The van der Waals surface area contributed by atoms with Crippen LogP contribution in [-0.2, 0) is 6.61 Å². The van der Waals surface area contributed by atoms with Crippen LogP contribution in [0.5, 0.6) is 11.5 Å². The van der Waals surface area contributed by atoms with Crippen molar-refractivity contribution in [2.75, 3.05) is 0 Å². The number of alkyl halides is 1. The fraction of sp³-hybridized carbons (Fsp3) is 0.133. The molecular weight excluding hydrogens is 308 g/mol.